The van der Waals surface area contributed by atoms with E-state index in [0.29, 0.717) is 28.4 Å². The molecule has 5 aromatic rings. The maximum Gasteiger partial charge on any atom is 0.231 e. The normalized spacial score (nSPS) is 11.1. The highest BCUT2D eigenvalue weighted by Crippen LogP contribution is 2.32. The Balaban J connectivity index is 1.61. The third kappa shape index (κ3) is 2.71. The summed E-state index contributed by atoms with van der Waals surface area (Å²) in [6.45, 7) is 0. The second-order valence-corrected chi connectivity index (χ2v) is 6.07. The van der Waals surface area contributed by atoms with E-state index in [1.54, 1.807) is 30.9 Å². The second-order valence-electron chi connectivity index (χ2n) is 6.07. The molecule has 5 rings (SSSR count). The number of aromatic amines is 1. The molecule has 0 amide bonds. The Morgan fingerprint density at radius 2 is 1.85 bits per heavy atom. The zero-order valence-electron chi connectivity index (χ0n) is 14.1. The van der Waals surface area contributed by atoms with Crippen molar-refractivity contribution in [2.45, 2.75) is 0 Å². The molecule has 27 heavy (non-hydrogen) atoms. The van der Waals surface area contributed by atoms with Crippen LogP contribution in [-0.4, -0.2) is 25.1 Å². The summed E-state index contributed by atoms with van der Waals surface area (Å²) in [5.41, 5.74) is 12.0. The molecular weight excluding hydrogens is 340 g/mol. The van der Waals surface area contributed by atoms with Crippen LogP contribution in [0.5, 0.6) is 0 Å². The van der Waals surface area contributed by atoms with Crippen molar-refractivity contribution in [3.63, 3.8) is 0 Å². The smallest absolute Gasteiger partial charge is 0.231 e. The SMILES string of the molecule is Nc1ncc(-c2cccc(-c3ccn[nH]3)c2)cc1-c1nc2cnccc2o1. The molecule has 1 aromatic carbocycles. The number of fused-ring (bicyclic) bond motifs is 1. The minimum absolute atomic E-state index is 0.364. The molecule has 0 saturated carbocycles. The van der Waals surface area contributed by atoms with E-state index in [-0.39, 0.29) is 0 Å². The van der Waals surface area contributed by atoms with Gasteiger partial charge in [0.15, 0.2) is 5.58 Å². The Morgan fingerprint density at radius 3 is 2.70 bits per heavy atom. The van der Waals surface area contributed by atoms with Gasteiger partial charge in [0.2, 0.25) is 5.89 Å². The average molecular weight is 354 g/mol. The number of anilines is 1. The van der Waals surface area contributed by atoms with E-state index >= 15 is 0 Å². The monoisotopic (exact) mass is 354 g/mol. The lowest BCUT2D eigenvalue weighted by atomic mass is 10.0. The molecule has 0 fully saturated rings. The van der Waals surface area contributed by atoms with Crippen LogP contribution in [0.4, 0.5) is 5.82 Å². The summed E-state index contributed by atoms with van der Waals surface area (Å²) >= 11 is 0. The summed E-state index contributed by atoms with van der Waals surface area (Å²) in [7, 11) is 0. The number of nitrogens with zero attached hydrogens (tertiary/aromatic N) is 4. The van der Waals surface area contributed by atoms with E-state index in [0.717, 1.165) is 22.4 Å². The van der Waals surface area contributed by atoms with Crippen LogP contribution in [0.15, 0.2) is 71.7 Å². The fourth-order valence-electron chi connectivity index (χ4n) is 2.98. The van der Waals surface area contributed by atoms with Crippen molar-refractivity contribution >= 4 is 16.9 Å². The Kier molecular flexibility index (Phi) is 3.43. The predicted molar refractivity (Wildman–Crippen MR) is 102 cm³/mol. The van der Waals surface area contributed by atoms with Gasteiger partial charge in [0.1, 0.15) is 11.3 Å². The summed E-state index contributed by atoms with van der Waals surface area (Å²) in [5, 5.41) is 6.98. The molecule has 0 atom stereocenters. The lowest BCUT2D eigenvalue weighted by Crippen LogP contribution is -1.95. The first kappa shape index (κ1) is 15.3. The number of benzene rings is 1. The molecule has 4 aromatic heterocycles. The van der Waals surface area contributed by atoms with Crippen LogP contribution in [0.1, 0.15) is 0 Å². The number of H-pyrrole nitrogens is 1. The van der Waals surface area contributed by atoms with Gasteiger partial charge in [-0.1, -0.05) is 18.2 Å². The summed E-state index contributed by atoms with van der Waals surface area (Å²) in [5.74, 6) is 0.789. The first-order valence-electron chi connectivity index (χ1n) is 8.34. The minimum atomic E-state index is 0.364. The number of nitrogen functional groups attached to an aromatic ring is 1. The molecule has 0 aliphatic carbocycles. The van der Waals surface area contributed by atoms with Gasteiger partial charge < -0.3 is 10.2 Å². The molecule has 7 heteroatoms. The van der Waals surface area contributed by atoms with Crippen LogP contribution < -0.4 is 5.73 Å². The molecule has 0 saturated heterocycles. The van der Waals surface area contributed by atoms with E-state index in [9.17, 15) is 0 Å². The van der Waals surface area contributed by atoms with E-state index < -0.39 is 0 Å². The maximum absolute atomic E-state index is 6.09. The van der Waals surface area contributed by atoms with E-state index in [1.165, 1.54) is 0 Å². The highest BCUT2D eigenvalue weighted by atomic mass is 16.3. The standard InChI is InChI=1S/C20H14N6O/c21-19-15(20-25-17-11-22-6-5-18(17)27-20)9-14(10-23-19)12-2-1-3-13(8-12)16-4-7-24-26-16/h1-11H,(H2,21,23)(H,24,26). The predicted octanol–water partition coefficient (Wildman–Crippen LogP) is 3.92. The first-order chi connectivity index (χ1) is 13.3. The Hall–Kier alpha value is -4.00. The molecule has 7 nitrogen and oxygen atoms in total. The number of aromatic nitrogens is 5. The average Bonchev–Trinajstić information content (AvgIpc) is 3.38. The zero-order chi connectivity index (χ0) is 18.2. The van der Waals surface area contributed by atoms with Crippen molar-refractivity contribution in [1.29, 1.82) is 0 Å². The van der Waals surface area contributed by atoms with Gasteiger partial charge in [-0.3, -0.25) is 10.1 Å². The largest absolute Gasteiger partial charge is 0.436 e. The third-order valence-corrected chi connectivity index (χ3v) is 4.35. The molecular formula is C20H14N6O. The van der Waals surface area contributed by atoms with Crippen LogP contribution in [0.25, 0.3) is 44.9 Å². The van der Waals surface area contributed by atoms with Crippen molar-refractivity contribution in [2.75, 3.05) is 5.73 Å². The van der Waals surface area contributed by atoms with Gasteiger partial charge in [-0.2, -0.15) is 5.10 Å². The lowest BCUT2D eigenvalue weighted by Gasteiger charge is -2.07. The van der Waals surface area contributed by atoms with Gasteiger partial charge in [0.05, 0.1) is 17.5 Å². The Morgan fingerprint density at radius 1 is 0.926 bits per heavy atom. The molecule has 0 unspecified atom stereocenters. The van der Waals surface area contributed by atoms with Gasteiger partial charge in [-0.05, 0) is 23.8 Å². The Labute approximate surface area is 153 Å². The summed E-state index contributed by atoms with van der Waals surface area (Å²) in [6, 6.07) is 13.7. The number of hydrogen-bond acceptors (Lipinski definition) is 6. The molecule has 0 aliphatic rings. The number of oxazole rings is 1. The fourth-order valence-corrected chi connectivity index (χ4v) is 2.98. The highest BCUT2D eigenvalue weighted by Gasteiger charge is 2.14. The van der Waals surface area contributed by atoms with Crippen LogP contribution in [0.2, 0.25) is 0 Å². The molecule has 130 valence electrons. The fraction of sp³-hybridized carbons (Fsp3) is 0. The molecule has 0 radical (unpaired) electrons. The van der Waals surface area contributed by atoms with Gasteiger partial charge in [0.25, 0.3) is 0 Å². The topological polar surface area (TPSA) is 107 Å². The number of nitrogens with one attached hydrogen (secondary N) is 1. The van der Waals surface area contributed by atoms with Crippen molar-refractivity contribution in [2.24, 2.45) is 0 Å². The van der Waals surface area contributed by atoms with Gasteiger partial charge in [-0.15, -0.1) is 0 Å². The summed E-state index contributed by atoms with van der Waals surface area (Å²) < 4.78 is 5.82. The van der Waals surface area contributed by atoms with Gasteiger partial charge >= 0.3 is 0 Å². The van der Waals surface area contributed by atoms with Gasteiger partial charge in [-0.25, -0.2) is 9.97 Å². The van der Waals surface area contributed by atoms with Crippen LogP contribution in [0, 0.1) is 0 Å². The molecule has 0 aliphatic heterocycles. The minimum Gasteiger partial charge on any atom is -0.436 e. The maximum atomic E-state index is 6.09. The summed E-state index contributed by atoms with van der Waals surface area (Å²) in [4.78, 5) is 12.9. The van der Waals surface area contributed by atoms with Crippen molar-refractivity contribution in [3.05, 3.63) is 67.3 Å². The van der Waals surface area contributed by atoms with Crippen molar-refractivity contribution < 1.29 is 4.42 Å². The quantitative estimate of drug-likeness (QED) is 0.508. The molecule has 0 bridgehead atoms. The highest BCUT2D eigenvalue weighted by molar-refractivity contribution is 5.81. The van der Waals surface area contributed by atoms with E-state index in [2.05, 4.69) is 31.2 Å². The van der Waals surface area contributed by atoms with Crippen molar-refractivity contribution in [3.8, 4) is 33.8 Å². The number of rotatable bonds is 3. The van der Waals surface area contributed by atoms with E-state index in [1.807, 2.05) is 30.3 Å². The zero-order valence-corrected chi connectivity index (χ0v) is 14.1. The van der Waals surface area contributed by atoms with E-state index in [4.69, 9.17) is 10.2 Å². The first-order valence-corrected chi connectivity index (χ1v) is 8.34. The molecule has 4 heterocycles. The van der Waals surface area contributed by atoms with Crippen molar-refractivity contribution in [1.82, 2.24) is 25.1 Å². The number of hydrogen-bond donors (Lipinski definition) is 2. The van der Waals surface area contributed by atoms with Crippen LogP contribution in [0.3, 0.4) is 0 Å². The molecule has 0 spiro atoms. The number of pyridine rings is 2. The Bertz CT molecular complexity index is 1210. The summed E-state index contributed by atoms with van der Waals surface area (Å²) in [6.07, 6.45) is 6.79. The van der Waals surface area contributed by atoms with Crippen LogP contribution >= 0.6 is 0 Å². The molecule has 3 N–H and O–H groups in total. The van der Waals surface area contributed by atoms with Gasteiger partial charge in [0, 0.05) is 35.8 Å². The second kappa shape index (κ2) is 6.06. The number of nitrogens with two attached hydrogens (primary N) is 1. The van der Waals surface area contributed by atoms with Crippen LogP contribution in [-0.2, 0) is 0 Å². The third-order valence-electron chi connectivity index (χ3n) is 4.35. The lowest BCUT2D eigenvalue weighted by molar-refractivity contribution is 0.619.